The first-order valence-electron chi connectivity index (χ1n) is 3.97. The van der Waals surface area contributed by atoms with Gasteiger partial charge in [-0.15, -0.1) is 0 Å². The van der Waals surface area contributed by atoms with Crippen molar-refractivity contribution < 1.29 is 9.90 Å². The topological polar surface area (TPSA) is 49.3 Å². The molecule has 0 amide bonds. The summed E-state index contributed by atoms with van der Waals surface area (Å²) < 4.78 is 0. The molecule has 1 aromatic rings. The van der Waals surface area contributed by atoms with Crippen molar-refractivity contribution in [1.82, 2.24) is 5.32 Å². The predicted molar refractivity (Wildman–Crippen MR) is 51.7 cm³/mol. The molecule has 3 nitrogen and oxygen atoms in total. The summed E-state index contributed by atoms with van der Waals surface area (Å²) in [6, 6.07) is 1.48. The molecule has 2 heterocycles. The van der Waals surface area contributed by atoms with Crippen molar-refractivity contribution in [2.24, 2.45) is 0 Å². The van der Waals surface area contributed by atoms with Gasteiger partial charge >= 0.3 is 5.97 Å². The van der Waals surface area contributed by atoms with Crippen molar-refractivity contribution in [2.45, 2.75) is 6.04 Å². The largest absolute Gasteiger partial charge is 0.480 e. The first-order chi connectivity index (χ1) is 6.27. The zero-order valence-electron chi connectivity index (χ0n) is 6.86. The number of carbonyl (C=O) groups is 1. The molecule has 4 heteroatoms. The van der Waals surface area contributed by atoms with Crippen LogP contribution in [0.2, 0.25) is 0 Å². The number of hydrogen-bond donors (Lipinski definition) is 2. The van der Waals surface area contributed by atoms with E-state index in [4.69, 9.17) is 5.11 Å². The van der Waals surface area contributed by atoms with Gasteiger partial charge in [0.25, 0.3) is 0 Å². The summed E-state index contributed by atoms with van der Waals surface area (Å²) in [5.41, 5.74) is 2.20. The van der Waals surface area contributed by atoms with Gasteiger partial charge < -0.3 is 5.11 Å². The van der Waals surface area contributed by atoms with Crippen LogP contribution in [-0.2, 0) is 4.79 Å². The first-order valence-corrected chi connectivity index (χ1v) is 4.91. The van der Waals surface area contributed by atoms with E-state index in [0.29, 0.717) is 6.54 Å². The lowest BCUT2D eigenvalue weighted by Crippen LogP contribution is -2.30. The van der Waals surface area contributed by atoms with Crippen molar-refractivity contribution in [3.63, 3.8) is 0 Å². The SMILES string of the molecule is O=C(O)[C@@H]1C=C(c2ccsc2)CN1. The van der Waals surface area contributed by atoms with Gasteiger partial charge in [-0.2, -0.15) is 11.3 Å². The Balaban J connectivity index is 2.20. The number of thiophene rings is 1. The number of aliphatic carboxylic acids is 1. The lowest BCUT2D eigenvalue weighted by atomic mass is 10.1. The molecule has 1 aromatic heterocycles. The quantitative estimate of drug-likeness (QED) is 0.745. The van der Waals surface area contributed by atoms with Crippen LogP contribution in [0, 0.1) is 0 Å². The molecule has 2 N–H and O–H groups in total. The highest BCUT2D eigenvalue weighted by Gasteiger charge is 2.21. The molecule has 0 spiro atoms. The highest BCUT2D eigenvalue weighted by atomic mass is 32.1. The molecular weight excluding hydrogens is 186 g/mol. The lowest BCUT2D eigenvalue weighted by molar-refractivity contribution is -0.137. The van der Waals surface area contributed by atoms with Gasteiger partial charge in [-0.3, -0.25) is 10.1 Å². The van der Waals surface area contributed by atoms with Gasteiger partial charge in [0, 0.05) is 6.54 Å². The number of carboxylic acids is 1. The van der Waals surface area contributed by atoms with E-state index in [1.54, 1.807) is 17.4 Å². The van der Waals surface area contributed by atoms with Gasteiger partial charge in [0.1, 0.15) is 6.04 Å². The smallest absolute Gasteiger partial charge is 0.324 e. The van der Waals surface area contributed by atoms with Crippen molar-refractivity contribution in [1.29, 1.82) is 0 Å². The Kier molecular flexibility index (Phi) is 2.16. The van der Waals surface area contributed by atoms with E-state index >= 15 is 0 Å². The van der Waals surface area contributed by atoms with Gasteiger partial charge in [-0.25, -0.2) is 0 Å². The molecule has 2 rings (SSSR count). The molecule has 68 valence electrons. The molecule has 0 unspecified atom stereocenters. The fraction of sp³-hybridized carbons (Fsp3) is 0.222. The Morgan fingerprint density at radius 3 is 3.08 bits per heavy atom. The van der Waals surface area contributed by atoms with Crippen LogP contribution in [0.15, 0.2) is 22.9 Å². The van der Waals surface area contributed by atoms with Crippen LogP contribution in [0.25, 0.3) is 5.57 Å². The maximum Gasteiger partial charge on any atom is 0.324 e. The second kappa shape index (κ2) is 3.32. The van der Waals surface area contributed by atoms with Crippen LogP contribution in [0.4, 0.5) is 0 Å². The Labute approximate surface area is 79.7 Å². The van der Waals surface area contributed by atoms with Gasteiger partial charge in [0.15, 0.2) is 0 Å². The van der Waals surface area contributed by atoms with Crippen molar-refractivity contribution in [3.8, 4) is 0 Å². The lowest BCUT2D eigenvalue weighted by Gasteiger charge is -1.98. The number of carboxylic acid groups (broad SMARTS) is 1. The molecule has 1 aliphatic heterocycles. The van der Waals surface area contributed by atoms with Crippen LogP contribution in [0.3, 0.4) is 0 Å². The maximum absolute atomic E-state index is 10.6. The third-order valence-corrected chi connectivity index (χ3v) is 2.72. The summed E-state index contributed by atoms with van der Waals surface area (Å²) in [6.07, 6.45) is 1.77. The van der Waals surface area contributed by atoms with Crippen molar-refractivity contribution >= 4 is 22.9 Å². The minimum absolute atomic E-state index is 0.519. The molecule has 0 aromatic carbocycles. The average molecular weight is 195 g/mol. The summed E-state index contributed by atoms with van der Waals surface area (Å²) in [5, 5.41) is 15.6. The fourth-order valence-electron chi connectivity index (χ4n) is 1.34. The normalized spacial score (nSPS) is 21.5. The van der Waals surface area contributed by atoms with Crippen molar-refractivity contribution in [2.75, 3.05) is 6.54 Å². The molecule has 0 fully saturated rings. The molecule has 0 bridgehead atoms. The van der Waals surface area contributed by atoms with E-state index in [1.807, 2.05) is 16.8 Å². The Morgan fingerprint density at radius 1 is 1.69 bits per heavy atom. The van der Waals surface area contributed by atoms with E-state index < -0.39 is 12.0 Å². The predicted octanol–water partition coefficient (Wildman–Crippen LogP) is 1.19. The summed E-state index contributed by atoms with van der Waals surface area (Å²) in [6.45, 7) is 0.647. The van der Waals surface area contributed by atoms with Crippen molar-refractivity contribution in [3.05, 3.63) is 28.5 Å². The van der Waals surface area contributed by atoms with Gasteiger partial charge in [0.05, 0.1) is 0 Å². The van der Waals surface area contributed by atoms with Gasteiger partial charge in [-0.1, -0.05) is 6.08 Å². The van der Waals surface area contributed by atoms with E-state index in [9.17, 15) is 4.79 Å². The third kappa shape index (κ3) is 1.64. The van der Waals surface area contributed by atoms with Gasteiger partial charge in [-0.05, 0) is 28.0 Å². The van der Waals surface area contributed by atoms with E-state index in [-0.39, 0.29) is 0 Å². The summed E-state index contributed by atoms with van der Waals surface area (Å²) in [4.78, 5) is 10.6. The molecule has 13 heavy (non-hydrogen) atoms. The minimum atomic E-state index is -0.815. The Morgan fingerprint density at radius 2 is 2.54 bits per heavy atom. The standard InChI is InChI=1S/C9H9NO2S/c11-9(12)8-3-7(4-10-8)6-1-2-13-5-6/h1-3,5,8,10H,4H2,(H,11,12)/t8-/m0/s1. The molecule has 0 saturated heterocycles. The molecule has 1 aliphatic rings. The van der Waals surface area contributed by atoms with E-state index in [1.165, 1.54) is 0 Å². The number of rotatable bonds is 2. The monoisotopic (exact) mass is 195 g/mol. The second-order valence-electron chi connectivity index (χ2n) is 2.90. The van der Waals surface area contributed by atoms with Crippen LogP contribution < -0.4 is 5.32 Å². The highest BCUT2D eigenvalue weighted by Crippen LogP contribution is 2.20. The zero-order chi connectivity index (χ0) is 9.26. The highest BCUT2D eigenvalue weighted by molar-refractivity contribution is 7.08. The Bertz CT molecular complexity index is 343. The van der Waals surface area contributed by atoms with Crippen LogP contribution >= 0.6 is 11.3 Å². The number of nitrogens with one attached hydrogen (secondary N) is 1. The molecule has 0 aliphatic carbocycles. The maximum atomic E-state index is 10.6. The molecule has 0 saturated carbocycles. The molecule has 0 radical (unpaired) electrons. The summed E-state index contributed by atoms with van der Waals surface area (Å²) in [5.74, 6) is -0.815. The van der Waals surface area contributed by atoms with Crippen LogP contribution in [-0.4, -0.2) is 23.7 Å². The van der Waals surface area contributed by atoms with Gasteiger partial charge in [0.2, 0.25) is 0 Å². The van der Waals surface area contributed by atoms with Crippen LogP contribution in [0.5, 0.6) is 0 Å². The van der Waals surface area contributed by atoms with E-state index in [2.05, 4.69) is 5.32 Å². The Hall–Kier alpha value is -1.13. The first kappa shape index (κ1) is 8.47. The second-order valence-corrected chi connectivity index (χ2v) is 3.68. The van der Waals surface area contributed by atoms with E-state index in [0.717, 1.165) is 11.1 Å². The summed E-state index contributed by atoms with van der Waals surface area (Å²) >= 11 is 1.62. The average Bonchev–Trinajstić information content (AvgIpc) is 2.75. The summed E-state index contributed by atoms with van der Waals surface area (Å²) in [7, 11) is 0. The number of hydrogen-bond acceptors (Lipinski definition) is 3. The third-order valence-electron chi connectivity index (χ3n) is 2.04. The molecule has 1 atom stereocenters. The fourth-order valence-corrected chi connectivity index (χ4v) is 2.02. The zero-order valence-corrected chi connectivity index (χ0v) is 7.67. The minimum Gasteiger partial charge on any atom is -0.480 e. The van der Waals surface area contributed by atoms with Crippen LogP contribution in [0.1, 0.15) is 5.56 Å². The molecular formula is C9H9NO2S.